The molecule has 0 aliphatic carbocycles. The van der Waals surface area contributed by atoms with E-state index in [1.807, 2.05) is 0 Å². The van der Waals surface area contributed by atoms with Gasteiger partial charge in [0.1, 0.15) is 0 Å². The van der Waals surface area contributed by atoms with E-state index in [0.717, 1.165) is 16.9 Å². The van der Waals surface area contributed by atoms with Crippen LogP contribution in [0.1, 0.15) is 0 Å². The van der Waals surface area contributed by atoms with Gasteiger partial charge in [-0.25, -0.2) is 0 Å². The van der Waals surface area contributed by atoms with Crippen LogP contribution in [0.15, 0.2) is 0 Å². The Balaban J connectivity index is 2.80. The molecule has 0 amide bonds. The van der Waals surface area contributed by atoms with Crippen LogP contribution in [-0.2, 0) is 0 Å². The number of hydrogen-bond donors (Lipinski definition) is 1. The van der Waals surface area contributed by atoms with E-state index in [-0.39, 0.29) is 0 Å². The van der Waals surface area contributed by atoms with E-state index in [1.165, 1.54) is 0 Å². The molecular weight excluding hydrogens is 119 g/mol. The van der Waals surface area contributed by atoms with Gasteiger partial charge in [0.15, 0.2) is 0 Å². The van der Waals surface area contributed by atoms with Crippen molar-refractivity contribution in [2.24, 2.45) is 0 Å². The molecule has 1 N–H and O–H groups in total. The fourth-order valence-electron chi connectivity index (χ4n) is 0. The molecule has 0 aliphatic rings. The van der Waals surface area contributed by atoms with Gasteiger partial charge in [0.2, 0.25) is 0 Å². The van der Waals surface area contributed by atoms with Crippen molar-refractivity contribution >= 4 is 21.6 Å². The van der Waals surface area contributed by atoms with Crippen molar-refractivity contribution in [1.82, 2.24) is 0 Å². The maximum atomic E-state index is 9.00. The molecule has 0 saturated carbocycles. The molecule has 1 radical (unpaired) electrons. The first-order valence-corrected chi connectivity index (χ1v) is 1.73. The molecule has 0 aromatic heterocycles. The van der Waals surface area contributed by atoms with Crippen molar-refractivity contribution in [2.45, 2.75) is 0 Å². The second kappa shape index (κ2) is 1.36. The van der Waals surface area contributed by atoms with Gasteiger partial charge in [-0.3, -0.25) is 0 Å². The third-order valence-electron chi connectivity index (χ3n) is 0. The standard InChI is InChI=1S/CH2AsO2/c2-1(3)4/h2H,(H,3,4). The minimum atomic E-state index is -0.833. The van der Waals surface area contributed by atoms with Crippen LogP contribution in [0, 0.1) is 0 Å². The normalized spacial score (nSPS) is 6.25. The van der Waals surface area contributed by atoms with Crippen molar-refractivity contribution in [3.8, 4) is 0 Å². The van der Waals surface area contributed by atoms with Gasteiger partial charge in [-0.1, -0.05) is 0 Å². The average molecular weight is 121 g/mol. The Morgan fingerprint density at radius 3 is 2.00 bits per heavy atom. The second-order valence-corrected chi connectivity index (χ2v) is 1.20. The minimum absolute atomic E-state index is 0.833. The number of rotatable bonds is 0. The third kappa shape index (κ3) is 2650. The van der Waals surface area contributed by atoms with Gasteiger partial charge in [-0.15, -0.1) is 0 Å². The van der Waals surface area contributed by atoms with Gasteiger partial charge in [0, 0.05) is 0 Å². The molecule has 23 valence electrons. The Morgan fingerprint density at radius 2 is 2.00 bits per heavy atom. The molecule has 3 heteroatoms. The summed E-state index contributed by atoms with van der Waals surface area (Å²) in [6.45, 7) is 0. The molecule has 0 spiro atoms. The van der Waals surface area contributed by atoms with Gasteiger partial charge in [-0.05, 0) is 0 Å². The summed E-state index contributed by atoms with van der Waals surface area (Å²) in [6, 6.07) is 0. The molecule has 0 aromatic rings. The first-order valence-electron chi connectivity index (χ1n) is 0.678. The fraction of sp³-hybridized carbons (Fsp3) is 0. The molecule has 2 nitrogen and oxygen atoms in total. The van der Waals surface area contributed by atoms with Crippen LogP contribution in [0.25, 0.3) is 0 Å². The van der Waals surface area contributed by atoms with Gasteiger partial charge in [0.05, 0.1) is 0 Å². The van der Waals surface area contributed by atoms with E-state index >= 15 is 0 Å². The third-order valence-corrected chi connectivity index (χ3v) is 0. The zero-order valence-corrected chi connectivity index (χ0v) is 3.95. The van der Waals surface area contributed by atoms with Gasteiger partial charge >= 0.3 is 31.5 Å². The predicted octanol–water partition coefficient (Wildman–Crippen LogP) is -0.435. The van der Waals surface area contributed by atoms with Crippen molar-refractivity contribution < 1.29 is 9.90 Å². The number of carbonyl (C=O) groups is 1. The number of hydrogen-bond acceptors (Lipinski definition) is 1. The van der Waals surface area contributed by atoms with Crippen LogP contribution in [0.5, 0.6) is 0 Å². The summed E-state index contributed by atoms with van der Waals surface area (Å²) in [5.41, 5.74) is 0. The van der Waals surface area contributed by atoms with Gasteiger partial charge in [0.25, 0.3) is 0 Å². The Kier molecular flexibility index (Phi) is 1.37. The topological polar surface area (TPSA) is 37.3 Å². The summed E-state index contributed by atoms with van der Waals surface area (Å²) < 4.78 is -0.833. The van der Waals surface area contributed by atoms with Crippen LogP contribution in [0.3, 0.4) is 0 Å². The van der Waals surface area contributed by atoms with Crippen molar-refractivity contribution in [2.75, 3.05) is 0 Å². The van der Waals surface area contributed by atoms with E-state index in [2.05, 4.69) is 0 Å². The molecule has 0 heterocycles. The SMILES string of the molecule is O=C(O)[AsH]. The molecule has 0 saturated heterocycles. The molecular formula is CH2AsO2. The zero-order chi connectivity index (χ0) is 3.58. The first kappa shape index (κ1) is 4.03. The monoisotopic (exact) mass is 121 g/mol. The van der Waals surface area contributed by atoms with Crippen LogP contribution >= 0.6 is 0 Å². The first-order chi connectivity index (χ1) is 1.73. The Morgan fingerprint density at radius 1 is 2.00 bits per heavy atom. The van der Waals surface area contributed by atoms with Gasteiger partial charge in [-0.2, -0.15) is 0 Å². The Hall–Kier alpha value is 0.0284. The quantitative estimate of drug-likeness (QED) is 0.441. The molecule has 0 fully saturated rings. The molecule has 4 heavy (non-hydrogen) atoms. The fourth-order valence-corrected chi connectivity index (χ4v) is 0. The van der Waals surface area contributed by atoms with Crippen molar-refractivity contribution in [3.05, 3.63) is 0 Å². The summed E-state index contributed by atoms with van der Waals surface area (Å²) in [7, 11) is 0. The second-order valence-electron chi connectivity index (χ2n) is 0.305. The van der Waals surface area contributed by atoms with E-state index in [4.69, 9.17) is 9.90 Å². The van der Waals surface area contributed by atoms with Crippen molar-refractivity contribution in [3.63, 3.8) is 0 Å². The van der Waals surface area contributed by atoms with Gasteiger partial charge < -0.3 is 0 Å². The van der Waals surface area contributed by atoms with Crippen LogP contribution in [-0.4, -0.2) is 26.7 Å². The molecule has 0 unspecified atom stereocenters. The summed E-state index contributed by atoms with van der Waals surface area (Å²) in [4.78, 5) is 9.00. The predicted molar refractivity (Wildman–Crippen MR) is 15.2 cm³/mol. The summed E-state index contributed by atoms with van der Waals surface area (Å²) in [5.74, 6) is 0. The Labute approximate surface area is 32.3 Å². The maximum absolute atomic E-state index is 9.00. The van der Waals surface area contributed by atoms with Crippen LogP contribution in [0.2, 0.25) is 0 Å². The molecule has 0 atom stereocenters. The van der Waals surface area contributed by atoms with Crippen LogP contribution in [0.4, 0.5) is 4.79 Å². The molecule has 0 aromatic carbocycles. The summed E-state index contributed by atoms with van der Waals surface area (Å²) in [5, 5.41) is 7.42. The summed E-state index contributed by atoms with van der Waals surface area (Å²) >= 11 is 1.08. The zero-order valence-electron chi connectivity index (χ0n) is 1.86. The van der Waals surface area contributed by atoms with E-state index in [9.17, 15) is 0 Å². The average Bonchev–Trinajstić information content (AvgIpc) is 0.811. The van der Waals surface area contributed by atoms with Crippen molar-refractivity contribution in [1.29, 1.82) is 0 Å². The van der Waals surface area contributed by atoms with E-state index < -0.39 is 4.76 Å². The molecule has 0 rings (SSSR count). The van der Waals surface area contributed by atoms with E-state index in [1.54, 1.807) is 0 Å². The van der Waals surface area contributed by atoms with Crippen LogP contribution < -0.4 is 0 Å². The summed E-state index contributed by atoms with van der Waals surface area (Å²) in [6.07, 6.45) is 0. The van der Waals surface area contributed by atoms with E-state index in [0.29, 0.717) is 0 Å². The molecule has 0 bridgehead atoms. The number of carboxylic acid groups (broad SMARTS) is 1. The molecule has 0 aliphatic heterocycles. The Bertz CT molecular complexity index is 29.0.